The number of nitrogens with one attached hydrogen (secondary N) is 1. The first-order chi connectivity index (χ1) is 14.7. The highest BCUT2D eigenvalue weighted by atomic mass is 35.5. The van der Waals surface area contributed by atoms with Crippen LogP contribution in [0.1, 0.15) is 16.1 Å². The number of hydrogen-bond acceptors (Lipinski definition) is 4. The van der Waals surface area contributed by atoms with Gasteiger partial charge in [-0.1, -0.05) is 35.9 Å². The number of benzene rings is 2. The summed E-state index contributed by atoms with van der Waals surface area (Å²) in [4.78, 5) is 17.0. The van der Waals surface area contributed by atoms with Crippen LogP contribution in [-0.2, 0) is 6.54 Å². The maximum Gasteiger partial charge on any atom is 0.270 e. The molecule has 2 heterocycles. The number of methoxy groups -OCH3 is 1. The Balaban J connectivity index is 1.72. The molecule has 7 heteroatoms. The molecule has 6 nitrogen and oxygen atoms in total. The molecular formula is C23H19ClN4O2. The normalized spacial score (nSPS) is 10.6. The Hall–Kier alpha value is -3.64. The van der Waals surface area contributed by atoms with Crippen molar-refractivity contribution in [2.75, 3.05) is 7.11 Å². The van der Waals surface area contributed by atoms with Crippen LogP contribution in [0.4, 0.5) is 0 Å². The molecule has 0 radical (unpaired) electrons. The summed E-state index contributed by atoms with van der Waals surface area (Å²) in [5.41, 5.74) is 3.44. The fourth-order valence-electron chi connectivity index (χ4n) is 3.05. The molecule has 0 saturated carbocycles. The fourth-order valence-corrected chi connectivity index (χ4v) is 3.26. The second-order valence-electron chi connectivity index (χ2n) is 6.55. The van der Waals surface area contributed by atoms with Gasteiger partial charge >= 0.3 is 0 Å². The number of hydrogen-bond donors (Lipinski definition) is 1. The van der Waals surface area contributed by atoms with Crippen molar-refractivity contribution in [1.29, 1.82) is 0 Å². The van der Waals surface area contributed by atoms with E-state index in [1.54, 1.807) is 36.3 Å². The minimum Gasteiger partial charge on any atom is -0.497 e. The topological polar surface area (TPSA) is 69.0 Å². The van der Waals surface area contributed by atoms with Gasteiger partial charge < -0.3 is 10.1 Å². The van der Waals surface area contributed by atoms with Crippen molar-refractivity contribution in [3.8, 4) is 22.7 Å². The van der Waals surface area contributed by atoms with Gasteiger partial charge in [-0.3, -0.25) is 9.78 Å². The highest BCUT2D eigenvalue weighted by Crippen LogP contribution is 2.27. The molecule has 0 aliphatic carbocycles. The van der Waals surface area contributed by atoms with E-state index in [2.05, 4.69) is 15.4 Å². The number of pyridine rings is 1. The predicted octanol–water partition coefficient (Wildman–Crippen LogP) is 4.53. The Kier molecular flexibility index (Phi) is 5.77. The van der Waals surface area contributed by atoms with Gasteiger partial charge in [0, 0.05) is 24.5 Å². The fraction of sp³-hybridized carbons (Fsp3) is 0.0870. The van der Waals surface area contributed by atoms with Gasteiger partial charge in [0.15, 0.2) is 0 Å². The highest BCUT2D eigenvalue weighted by Gasteiger charge is 2.19. The second-order valence-corrected chi connectivity index (χ2v) is 6.96. The Morgan fingerprint density at radius 1 is 1.07 bits per heavy atom. The van der Waals surface area contributed by atoms with Crippen LogP contribution < -0.4 is 10.1 Å². The van der Waals surface area contributed by atoms with E-state index in [-0.39, 0.29) is 5.91 Å². The monoisotopic (exact) mass is 418 g/mol. The third kappa shape index (κ3) is 4.18. The van der Waals surface area contributed by atoms with Crippen molar-refractivity contribution in [2.45, 2.75) is 6.54 Å². The summed E-state index contributed by atoms with van der Waals surface area (Å²) in [5, 5.41) is 8.11. The molecule has 0 aliphatic rings. The molecule has 0 bridgehead atoms. The average molecular weight is 419 g/mol. The summed E-state index contributed by atoms with van der Waals surface area (Å²) in [7, 11) is 1.61. The van der Waals surface area contributed by atoms with Crippen LogP contribution in [-0.4, -0.2) is 27.8 Å². The highest BCUT2D eigenvalue weighted by molar-refractivity contribution is 6.32. The van der Waals surface area contributed by atoms with Gasteiger partial charge in [-0.05, 0) is 48.0 Å². The van der Waals surface area contributed by atoms with Crippen molar-refractivity contribution in [3.05, 3.63) is 95.4 Å². The lowest BCUT2D eigenvalue weighted by Gasteiger charge is -2.09. The Morgan fingerprint density at radius 2 is 1.87 bits per heavy atom. The summed E-state index contributed by atoms with van der Waals surface area (Å²) in [6.07, 6.45) is 3.38. The maximum absolute atomic E-state index is 13.0. The van der Waals surface area contributed by atoms with Gasteiger partial charge in [0.1, 0.15) is 11.4 Å². The third-order valence-corrected chi connectivity index (χ3v) is 4.91. The predicted molar refractivity (Wildman–Crippen MR) is 116 cm³/mol. The number of amides is 1. The van der Waals surface area contributed by atoms with Crippen LogP contribution in [0.3, 0.4) is 0 Å². The van der Waals surface area contributed by atoms with E-state index < -0.39 is 0 Å². The van der Waals surface area contributed by atoms with Crippen LogP contribution in [0.5, 0.6) is 5.75 Å². The molecule has 0 saturated heterocycles. The third-order valence-electron chi connectivity index (χ3n) is 4.59. The summed E-state index contributed by atoms with van der Waals surface area (Å²) in [5.74, 6) is 0.455. The number of carbonyl (C=O) groups is 1. The molecule has 1 amide bonds. The largest absolute Gasteiger partial charge is 0.497 e. The van der Waals surface area contributed by atoms with Gasteiger partial charge in [0.25, 0.3) is 5.91 Å². The van der Waals surface area contributed by atoms with Crippen molar-refractivity contribution in [1.82, 2.24) is 20.1 Å². The molecule has 30 heavy (non-hydrogen) atoms. The number of carbonyl (C=O) groups excluding carboxylic acids is 1. The minimum absolute atomic E-state index is 0.256. The van der Waals surface area contributed by atoms with Crippen LogP contribution in [0, 0.1) is 0 Å². The van der Waals surface area contributed by atoms with Crippen molar-refractivity contribution in [2.24, 2.45) is 0 Å². The zero-order valence-electron chi connectivity index (χ0n) is 16.2. The van der Waals surface area contributed by atoms with Crippen LogP contribution in [0.25, 0.3) is 16.9 Å². The molecule has 0 atom stereocenters. The molecule has 0 fully saturated rings. The Morgan fingerprint density at radius 3 is 2.63 bits per heavy atom. The SMILES string of the molecule is COc1cccc(-c2cc(C(=O)NCc3ccncc3)n(-c3ccccc3Cl)n2)c1. The number of aromatic nitrogens is 3. The quantitative estimate of drug-likeness (QED) is 0.499. The van der Waals surface area contributed by atoms with E-state index in [1.165, 1.54) is 0 Å². The van der Waals surface area contributed by atoms with Crippen LogP contribution in [0.2, 0.25) is 5.02 Å². The van der Waals surface area contributed by atoms with Crippen molar-refractivity contribution in [3.63, 3.8) is 0 Å². The number of halogens is 1. The summed E-state index contributed by atoms with van der Waals surface area (Å²) in [6, 6.07) is 20.3. The van der Waals surface area contributed by atoms with E-state index in [1.807, 2.05) is 54.6 Å². The molecule has 1 N–H and O–H groups in total. The lowest BCUT2D eigenvalue weighted by atomic mass is 10.1. The molecule has 0 aliphatic heterocycles. The first-order valence-corrected chi connectivity index (χ1v) is 9.70. The second kappa shape index (κ2) is 8.80. The Bertz CT molecular complexity index is 1170. The maximum atomic E-state index is 13.0. The van der Waals surface area contributed by atoms with Crippen molar-refractivity contribution >= 4 is 17.5 Å². The molecule has 150 valence electrons. The average Bonchev–Trinajstić information content (AvgIpc) is 3.24. The Labute approximate surface area is 179 Å². The lowest BCUT2D eigenvalue weighted by molar-refractivity contribution is 0.0943. The van der Waals surface area contributed by atoms with Gasteiger partial charge in [0.05, 0.1) is 23.5 Å². The van der Waals surface area contributed by atoms with Gasteiger partial charge in [-0.2, -0.15) is 5.10 Å². The van der Waals surface area contributed by atoms with Gasteiger partial charge in [0.2, 0.25) is 0 Å². The molecule has 4 rings (SSSR count). The number of para-hydroxylation sites is 1. The molecule has 2 aromatic heterocycles. The molecule has 0 spiro atoms. The molecule has 2 aromatic carbocycles. The van der Waals surface area contributed by atoms with E-state index in [0.29, 0.717) is 34.4 Å². The standard InChI is InChI=1S/C23H19ClN4O2/c1-30-18-6-4-5-17(13-18)20-14-22(23(29)26-15-16-9-11-25-12-10-16)28(27-20)21-8-3-2-7-19(21)24/h2-14H,15H2,1H3,(H,26,29). The number of ether oxygens (including phenoxy) is 1. The smallest absolute Gasteiger partial charge is 0.270 e. The van der Waals surface area contributed by atoms with E-state index in [4.69, 9.17) is 16.3 Å². The number of nitrogens with zero attached hydrogens (tertiary/aromatic N) is 3. The first kappa shape index (κ1) is 19.7. The van der Waals surface area contributed by atoms with E-state index in [0.717, 1.165) is 11.1 Å². The zero-order valence-corrected chi connectivity index (χ0v) is 17.0. The number of rotatable bonds is 6. The molecular weight excluding hydrogens is 400 g/mol. The molecule has 4 aromatic rings. The van der Waals surface area contributed by atoms with Crippen LogP contribution in [0.15, 0.2) is 79.1 Å². The van der Waals surface area contributed by atoms with Gasteiger partial charge in [-0.25, -0.2) is 4.68 Å². The minimum atomic E-state index is -0.256. The first-order valence-electron chi connectivity index (χ1n) is 9.32. The summed E-state index contributed by atoms with van der Waals surface area (Å²) < 4.78 is 6.88. The van der Waals surface area contributed by atoms with E-state index in [9.17, 15) is 4.79 Å². The summed E-state index contributed by atoms with van der Waals surface area (Å²) in [6.45, 7) is 0.379. The lowest BCUT2D eigenvalue weighted by Crippen LogP contribution is -2.25. The van der Waals surface area contributed by atoms with E-state index >= 15 is 0 Å². The zero-order chi connectivity index (χ0) is 20.9. The molecule has 0 unspecified atom stereocenters. The van der Waals surface area contributed by atoms with Gasteiger partial charge in [-0.15, -0.1) is 0 Å². The van der Waals surface area contributed by atoms with Crippen molar-refractivity contribution < 1.29 is 9.53 Å². The summed E-state index contributed by atoms with van der Waals surface area (Å²) >= 11 is 6.39. The van der Waals surface area contributed by atoms with Crippen LogP contribution >= 0.6 is 11.6 Å².